The molecule has 146 valence electrons. The summed E-state index contributed by atoms with van der Waals surface area (Å²) in [5.74, 6) is 0.385. The molecule has 6 nitrogen and oxygen atoms in total. The number of benzene rings is 1. The lowest BCUT2D eigenvalue weighted by Gasteiger charge is -2.32. The van der Waals surface area contributed by atoms with Gasteiger partial charge in [-0.25, -0.2) is 15.0 Å². The summed E-state index contributed by atoms with van der Waals surface area (Å²) in [5.41, 5.74) is 3.14. The third kappa shape index (κ3) is 4.20. The van der Waals surface area contributed by atoms with Gasteiger partial charge in [-0.1, -0.05) is 12.1 Å². The molecular weight excluding hydrogens is 370 g/mol. The van der Waals surface area contributed by atoms with Gasteiger partial charge in [0.2, 0.25) is 0 Å². The van der Waals surface area contributed by atoms with Gasteiger partial charge in [0.05, 0.1) is 33.7 Å². The first-order chi connectivity index (χ1) is 13.6. The average molecular weight is 396 g/mol. The van der Waals surface area contributed by atoms with Crippen molar-refractivity contribution in [1.29, 1.82) is 0 Å². The number of fused-ring (bicyclic) bond motifs is 1. The van der Waals surface area contributed by atoms with Crippen LogP contribution in [0.4, 0.5) is 0 Å². The number of aromatic nitrogens is 3. The highest BCUT2D eigenvalue weighted by molar-refractivity contribution is 7.18. The Kier molecular flexibility index (Phi) is 5.64. The van der Waals surface area contributed by atoms with Crippen molar-refractivity contribution in [3.8, 4) is 0 Å². The standard InChI is InChI=1S/C21H25N5OS/c1-14-20(15(2)24-13-23-14)21(27)22-10-16-6-5-9-26(11-16)12-19-25-17-7-3-4-8-18(17)28-19/h3-4,7-8,13,16H,5-6,9-12H2,1-2H3,(H,22,27). The van der Waals surface area contributed by atoms with E-state index in [1.54, 1.807) is 11.3 Å². The van der Waals surface area contributed by atoms with Gasteiger partial charge in [-0.3, -0.25) is 9.69 Å². The number of aryl methyl sites for hydroxylation is 2. The maximum Gasteiger partial charge on any atom is 0.254 e. The zero-order chi connectivity index (χ0) is 19.5. The van der Waals surface area contributed by atoms with Gasteiger partial charge >= 0.3 is 0 Å². The molecule has 1 fully saturated rings. The molecule has 1 saturated heterocycles. The number of thiazole rings is 1. The first-order valence-corrected chi connectivity index (χ1v) is 10.5. The van der Waals surface area contributed by atoms with Crippen molar-refractivity contribution in [2.45, 2.75) is 33.2 Å². The van der Waals surface area contributed by atoms with Crippen molar-refractivity contribution in [2.75, 3.05) is 19.6 Å². The first-order valence-electron chi connectivity index (χ1n) is 9.73. The van der Waals surface area contributed by atoms with Crippen LogP contribution in [0.2, 0.25) is 0 Å². The minimum atomic E-state index is -0.0705. The summed E-state index contributed by atoms with van der Waals surface area (Å²) in [6.45, 7) is 7.34. The van der Waals surface area contributed by atoms with E-state index < -0.39 is 0 Å². The van der Waals surface area contributed by atoms with Crippen molar-refractivity contribution in [3.63, 3.8) is 0 Å². The van der Waals surface area contributed by atoms with E-state index in [-0.39, 0.29) is 5.91 Å². The van der Waals surface area contributed by atoms with Gasteiger partial charge in [0.15, 0.2) is 0 Å². The molecule has 3 aromatic rings. The number of nitrogens with one attached hydrogen (secondary N) is 1. The summed E-state index contributed by atoms with van der Waals surface area (Å²) in [7, 11) is 0. The topological polar surface area (TPSA) is 71.0 Å². The fourth-order valence-electron chi connectivity index (χ4n) is 3.89. The summed E-state index contributed by atoms with van der Waals surface area (Å²) < 4.78 is 1.24. The Balaban J connectivity index is 1.34. The van der Waals surface area contributed by atoms with Gasteiger partial charge in [0.1, 0.15) is 11.3 Å². The van der Waals surface area contributed by atoms with Crippen molar-refractivity contribution in [3.05, 3.63) is 52.6 Å². The first kappa shape index (κ1) is 19.0. The second-order valence-corrected chi connectivity index (χ2v) is 8.56. The van der Waals surface area contributed by atoms with E-state index in [1.807, 2.05) is 19.9 Å². The number of nitrogens with zero attached hydrogens (tertiary/aromatic N) is 4. The Morgan fingerprint density at radius 3 is 2.82 bits per heavy atom. The molecule has 2 aromatic heterocycles. The molecule has 0 saturated carbocycles. The Bertz CT molecular complexity index is 933. The highest BCUT2D eigenvalue weighted by Gasteiger charge is 2.22. The number of hydrogen-bond acceptors (Lipinski definition) is 6. The van der Waals surface area contributed by atoms with Crippen molar-refractivity contribution < 1.29 is 4.79 Å². The zero-order valence-corrected chi connectivity index (χ0v) is 17.1. The minimum Gasteiger partial charge on any atom is -0.352 e. The third-order valence-corrected chi connectivity index (χ3v) is 6.33. The Labute approximate surface area is 169 Å². The van der Waals surface area contributed by atoms with Gasteiger partial charge in [0.25, 0.3) is 5.91 Å². The largest absolute Gasteiger partial charge is 0.352 e. The lowest BCUT2D eigenvalue weighted by Crippen LogP contribution is -2.40. The summed E-state index contributed by atoms with van der Waals surface area (Å²) in [4.78, 5) is 28.1. The number of hydrogen-bond donors (Lipinski definition) is 1. The van der Waals surface area contributed by atoms with E-state index >= 15 is 0 Å². The fourth-order valence-corrected chi connectivity index (χ4v) is 4.90. The molecule has 1 aliphatic rings. The maximum atomic E-state index is 12.6. The SMILES string of the molecule is Cc1ncnc(C)c1C(=O)NCC1CCCN(Cc2nc3ccccc3s2)C1. The van der Waals surface area contributed by atoms with Gasteiger partial charge < -0.3 is 5.32 Å². The highest BCUT2D eigenvalue weighted by atomic mass is 32.1. The summed E-state index contributed by atoms with van der Waals surface area (Å²) in [6.07, 6.45) is 3.79. The predicted octanol–water partition coefficient (Wildman–Crippen LogP) is 3.35. The molecule has 0 spiro atoms. The molecule has 1 aromatic carbocycles. The molecule has 1 unspecified atom stereocenters. The number of carbonyl (C=O) groups is 1. The van der Waals surface area contributed by atoms with Crippen LogP contribution < -0.4 is 5.32 Å². The van der Waals surface area contributed by atoms with Crippen molar-refractivity contribution in [2.24, 2.45) is 5.92 Å². The molecule has 0 aliphatic carbocycles. The van der Waals surface area contributed by atoms with E-state index in [0.29, 0.717) is 18.0 Å². The van der Waals surface area contributed by atoms with Crippen LogP contribution in [0.5, 0.6) is 0 Å². The molecule has 0 bridgehead atoms. The molecule has 1 amide bonds. The quantitative estimate of drug-likeness (QED) is 0.717. The van der Waals surface area contributed by atoms with E-state index in [4.69, 9.17) is 4.98 Å². The molecule has 7 heteroatoms. The van der Waals surface area contributed by atoms with Crippen LogP contribution in [0.15, 0.2) is 30.6 Å². The van der Waals surface area contributed by atoms with Crippen molar-refractivity contribution >= 4 is 27.5 Å². The van der Waals surface area contributed by atoms with Gasteiger partial charge in [-0.2, -0.15) is 0 Å². The molecule has 0 radical (unpaired) electrons. The smallest absolute Gasteiger partial charge is 0.254 e. The van der Waals surface area contributed by atoms with Crippen LogP contribution in [0.25, 0.3) is 10.2 Å². The number of rotatable bonds is 5. The second-order valence-electron chi connectivity index (χ2n) is 7.45. The molecule has 1 aliphatic heterocycles. The lowest BCUT2D eigenvalue weighted by molar-refractivity contribution is 0.0928. The predicted molar refractivity (Wildman–Crippen MR) is 111 cm³/mol. The monoisotopic (exact) mass is 395 g/mol. The average Bonchev–Trinajstić information content (AvgIpc) is 3.09. The van der Waals surface area contributed by atoms with Gasteiger partial charge in [-0.05, 0) is 51.3 Å². The van der Waals surface area contributed by atoms with Crippen LogP contribution >= 0.6 is 11.3 Å². The molecule has 4 rings (SSSR count). The summed E-state index contributed by atoms with van der Waals surface area (Å²) >= 11 is 1.77. The lowest BCUT2D eigenvalue weighted by atomic mass is 9.98. The van der Waals surface area contributed by atoms with Crippen LogP contribution in [-0.4, -0.2) is 45.4 Å². The Hall–Kier alpha value is -2.38. The normalized spacial score (nSPS) is 17.7. The van der Waals surface area contributed by atoms with Crippen LogP contribution in [0.3, 0.4) is 0 Å². The highest BCUT2D eigenvalue weighted by Crippen LogP contribution is 2.24. The zero-order valence-electron chi connectivity index (χ0n) is 16.3. The van der Waals surface area contributed by atoms with Crippen LogP contribution in [-0.2, 0) is 6.54 Å². The molecule has 28 heavy (non-hydrogen) atoms. The Morgan fingerprint density at radius 2 is 2.04 bits per heavy atom. The third-order valence-electron chi connectivity index (χ3n) is 5.30. The summed E-state index contributed by atoms with van der Waals surface area (Å²) in [5, 5.41) is 4.26. The van der Waals surface area contributed by atoms with E-state index in [0.717, 1.165) is 49.4 Å². The summed E-state index contributed by atoms with van der Waals surface area (Å²) in [6, 6.07) is 8.29. The van der Waals surface area contributed by atoms with E-state index in [9.17, 15) is 4.79 Å². The fraction of sp³-hybridized carbons (Fsp3) is 0.429. The number of carbonyl (C=O) groups excluding carboxylic acids is 1. The molecule has 3 heterocycles. The Morgan fingerprint density at radius 1 is 1.25 bits per heavy atom. The molecule has 1 atom stereocenters. The van der Waals surface area contributed by atoms with Crippen LogP contribution in [0, 0.1) is 19.8 Å². The maximum absolute atomic E-state index is 12.6. The van der Waals surface area contributed by atoms with E-state index in [1.165, 1.54) is 16.0 Å². The van der Waals surface area contributed by atoms with Gasteiger partial charge in [0, 0.05) is 13.1 Å². The van der Waals surface area contributed by atoms with Crippen molar-refractivity contribution in [1.82, 2.24) is 25.2 Å². The number of amides is 1. The number of likely N-dealkylation sites (tertiary alicyclic amines) is 1. The number of para-hydroxylation sites is 1. The van der Waals surface area contributed by atoms with Crippen LogP contribution in [0.1, 0.15) is 39.6 Å². The molecular formula is C21H25N5OS. The number of piperidine rings is 1. The van der Waals surface area contributed by atoms with E-state index in [2.05, 4.69) is 38.4 Å². The molecule has 1 N–H and O–H groups in total. The second kappa shape index (κ2) is 8.32. The van der Waals surface area contributed by atoms with Gasteiger partial charge in [-0.15, -0.1) is 11.3 Å². The minimum absolute atomic E-state index is 0.0705.